The van der Waals surface area contributed by atoms with Gasteiger partial charge in [-0.3, -0.25) is 0 Å². The lowest BCUT2D eigenvalue weighted by atomic mass is 9.91. The van der Waals surface area contributed by atoms with E-state index in [1.807, 2.05) is 31.2 Å². The molecular weight excluding hydrogens is 354 g/mol. The SMILES string of the molecule is COc1ccccc1OC(C)c1c2c(cc(OC)c1OC)CNCC2.Cl. The first-order valence-corrected chi connectivity index (χ1v) is 8.46. The molecule has 2 aromatic carbocycles. The van der Waals surface area contributed by atoms with Gasteiger partial charge in [-0.2, -0.15) is 0 Å². The van der Waals surface area contributed by atoms with Crippen LogP contribution in [0.1, 0.15) is 29.7 Å². The van der Waals surface area contributed by atoms with Gasteiger partial charge in [0.2, 0.25) is 0 Å². The van der Waals surface area contributed by atoms with Gasteiger partial charge < -0.3 is 24.3 Å². The summed E-state index contributed by atoms with van der Waals surface area (Å²) in [7, 11) is 4.98. The van der Waals surface area contributed by atoms with Crippen LogP contribution in [0.3, 0.4) is 0 Å². The quantitative estimate of drug-likeness (QED) is 0.824. The van der Waals surface area contributed by atoms with Crippen molar-refractivity contribution < 1.29 is 18.9 Å². The standard InChI is InChI=1S/C20H25NO4.ClH/c1-13(25-17-8-6-5-7-16(17)22-2)19-15-9-10-21-12-14(15)11-18(23-3)20(19)24-4;/h5-8,11,13,21H,9-10,12H2,1-4H3;1H. The van der Waals surface area contributed by atoms with Crippen LogP contribution in [-0.4, -0.2) is 27.9 Å². The van der Waals surface area contributed by atoms with E-state index in [-0.39, 0.29) is 18.5 Å². The molecule has 1 atom stereocenters. The van der Waals surface area contributed by atoms with Crippen molar-refractivity contribution in [2.45, 2.75) is 26.0 Å². The highest BCUT2D eigenvalue weighted by atomic mass is 35.5. The van der Waals surface area contributed by atoms with E-state index < -0.39 is 0 Å². The zero-order valence-corrected chi connectivity index (χ0v) is 16.4. The van der Waals surface area contributed by atoms with Crippen molar-refractivity contribution in [3.05, 3.63) is 47.0 Å². The lowest BCUT2D eigenvalue weighted by Gasteiger charge is -2.27. The average molecular weight is 380 g/mol. The monoisotopic (exact) mass is 379 g/mol. The highest BCUT2D eigenvalue weighted by Crippen LogP contribution is 2.42. The third-order valence-electron chi connectivity index (χ3n) is 4.56. The number of ether oxygens (including phenoxy) is 4. The minimum absolute atomic E-state index is 0. The van der Waals surface area contributed by atoms with E-state index in [0.29, 0.717) is 11.5 Å². The van der Waals surface area contributed by atoms with Crippen molar-refractivity contribution in [3.63, 3.8) is 0 Å². The van der Waals surface area contributed by atoms with Gasteiger partial charge in [0, 0.05) is 12.1 Å². The molecule has 6 heteroatoms. The first-order valence-electron chi connectivity index (χ1n) is 8.46. The minimum atomic E-state index is -0.201. The fourth-order valence-corrected chi connectivity index (χ4v) is 3.40. The van der Waals surface area contributed by atoms with Gasteiger partial charge in [0.05, 0.1) is 21.3 Å². The van der Waals surface area contributed by atoms with Crippen molar-refractivity contribution >= 4 is 12.4 Å². The van der Waals surface area contributed by atoms with Crippen molar-refractivity contribution in [2.24, 2.45) is 0 Å². The number of hydrogen-bond donors (Lipinski definition) is 1. The van der Waals surface area contributed by atoms with Crippen LogP contribution in [0.2, 0.25) is 0 Å². The van der Waals surface area contributed by atoms with Gasteiger partial charge in [0.25, 0.3) is 0 Å². The molecule has 2 aromatic rings. The summed E-state index contributed by atoms with van der Waals surface area (Å²) in [4.78, 5) is 0. The molecule has 142 valence electrons. The van der Waals surface area contributed by atoms with Gasteiger partial charge in [-0.15, -0.1) is 12.4 Å². The van der Waals surface area contributed by atoms with E-state index in [4.69, 9.17) is 18.9 Å². The van der Waals surface area contributed by atoms with Crippen LogP contribution in [-0.2, 0) is 13.0 Å². The van der Waals surface area contributed by atoms with Crippen molar-refractivity contribution in [1.82, 2.24) is 5.32 Å². The smallest absolute Gasteiger partial charge is 0.167 e. The Balaban J connectivity index is 0.00000243. The summed E-state index contributed by atoms with van der Waals surface area (Å²) < 4.78 is 22.9. The van der Waals surface area contributed by atoms with Gasteiger partial charge in [-0.05, 0) is 49.2 Å². The van der Waals surface area contributed by atoms with Crippen LogP contribution in [0.4, 0.5) is 0 Å². The molecule has 1 aliphatic rings. The maximum atomic E-state index is 6.25. The summed E-state index contributed by atoms with van der Waals surface area (Å²) in [6, 6.07) is 9.72. The maximum absolute atomic E-state index is 6.25. The van der Waals surface area contributed by atoms with Gasteiger partial charge in [0.1, 0.15) is 6.10 Å². The lowest BCUT2D eigenvalue weighted by molar-refractivity contribution is 0.207. The molecule has 0 spiro atoms. The van der Waals surface area contributed by atoms with Crippen molar-refractivity contribution in [2.75, 3.05) is 27.9 Å². The molecule has 0 amide bonds. The van der Waals surface area contributed by atoms with E-state index in [0.717, 1.165) is 36.6 Å². The summed E-state index contributed by atoms with van der Waals surface area (Å²) in [5.74, 6) is 2.90. The van der Waals surface area contributed by atoms with Gasteiger partial charge in [0.15, 0.2) is 23.0 Å². The van der Waals surface area contributed by atoms with Crippen LogP contribution < -0.4 is 24.3 Å². The molecular formula is C20H26ClNO4. The molecule has 1 unspecified atom stereocenters. The molecule has 1 heterocycles. The van der Waals surface area contributed by atoms with Crippen LogP contribution >= 0.6 is 12.4 Å². The Morgan fingerprint density at radius 1 is 0.962 bits per heavy atom. The summed E-state index contributed by atoms with van der Waals surface area (Å²) in [5, 5.41) is 3.41. The fraction of sp³-hybridized carbons (Fsp3) is 0.400. The molecule has 5 nitrogen and oxygen atoms in total. The number of nitrogens with one attached hydrogen (secondary N) is 1. The normalized spacial score (nSPS) is 13.8. The van der Waals surface area contributed by atoms with E-state index >= 15 is 0 Å². The molecule has 0 saturated heterocycles. The maximum Gasteiger partial charge on any atom is 0.167 e. The molecule has 0 fully saturated rings. The van der Waals surface area contributed by atoms with Crippen LogP contribution in [0.5, 0.6) is 23.0 Å². The van der Waals surface area contributed by atoms with Gasteiger partial charge >= 0.3 is 0 Å². The van der Waals surface area contributed by atoms with Crippen LogP contribution in [0.25, 0.3) is 0 Å². The molecule has 0 saturated carbocycles. The van der Waals surface area contributed by atoms with E-state index in [1.54, 1.807) is 21.3 Å². The molecule has 0 bridgehead atoms. The zero-order valence-electron chi connectivity index (χ0n) is 15.6. The number of halogens is 1. The lowest BCUT2D eigenvalue weighted by Crippen LogP contribution is -2.26. The molecule has 1 N–H and O–H groups in total. The third-order valence-corrected chi connectivity index (χ3v) is 4.56. The van der Waals surface area contributed by atoms with Gasteiger partial charge in [-0.1, -0.05) is 12.1 Å². The summed E-state index contributed by atoms with van der Waals surface area (Å²) in [6.07, 6.45) is 0.734. The Morgan fingerprint density at radius 2 is 1.65 bits per heavy atom. The Morgan fingerprint density at radius 3 is 2.31 bits per heavy atom. The average Bonchev–Trinajstić information content (AvgIpc) is 2.66. The van der Waals surface area contributed by atoms with E-state index in [9.17, 15) is 0 Å². The molecule has 0 aliphatic carbocycles. The molecule has 26 heavy (non-hydrogen) atoms. The number of rotatable bonds is 6. The second-order valence-corrected chi connectivity index (χ2v) is 6.00. The molecule has 0 aromatic heterocycles. The van der Waals surface area contributed by atoms with Crippen LogP contribution in [0.15, 0.2) is 30.3 Å². The van der Waals surface area contributed by atoms with Crippen molar-refractivity contribution in [1.29, 1.82) is 0 Å². The second kappa shape index (κ2) is 9.01. The fourth-order valence-electron chi connectivity index (χ4n) is 3.40. The van der Waals surface area contributed by atoms with E-state index in [1.165, 1.54) is 11.1 Å². The van der Waals surface area contributed by atoms with E-state index in [2.05, 4.69) is 11.4 Å². The Kier molecular flexibility index (Phi) is 7.00. The Hall–Kier alpha value is -2.11. The first kappa shape index (κ1) is 20.2. The van der Waals surface area contributed by atoms with Crippen molar-refractivity contribution in [3.8, 4) is 23.0 Å². The zero-order chi connectivity index (χ0) is 17.8. The predicted molar refractivity (Wildman–Crippen MR) is 104 cm³/mol. The second-order valence-electron chi connectivity index (χ2n) is 6.00. The summed E-state index contributed by atoms with van der Waals surface area (Å²) in [6.45, 7) is 3.80. The number of benzene rings is 2. The number of fused-ring (bicyclic) bond motifs is 1. The predicted octanol–water partition coefficient (Wildman–Crippen LogP) is 3.92. The van der Waals surface area contributed by atoms with Gasteiger partial charge in [-0.25, -0.2) is 0 Å². The highest BCUT2D eigenvalue weighted by molar-refractivity contribution is 5.85. The summed E-state index contributed by atoms with van der Waals surface area (Å²) >= 11 is 0. The Bertz CT molecular complexity index is 737. The minimum Gasteiger partial charge on any atom is -0.493 e. The number of para-hydroxylation sites is 2. The molecule has 1 aliphatic heterocycles. The number of hydrogen-bond acceptors (Lipinski definition) is 5. The summed E-state index contributed by atoms with van der Waals surface area (Å²) in [5.41, 5.74) is 3.55. The number of methoxy groups -OCH3 is 3. The third kappa shape index (κ3) is 3.84. The van der Waals surface area contributed by atoms with Crippen LogP contribution in [0, 0.1) is 0 Å². The topological polar surface area (TPSA) is 49.0 Å². The Labute approximate surface area is 161 Å². The first-order chi connectivity index (χ1) is 12.2. The largest absolute Gasteiger partial charge is 0.493 e. The molecule has 3 rings (SSSR count). The highest BCUT2D eigenvalue weighted by Gasteiger charge is 2.26. The molecule has 0 radical (unpaired) electrons.